The summed E-state index contributed by atoms with van der Waals surface area (Å²) in [7, 11) is -1.08. The van der Waals surface area contributed by atoms with Crippen molar-refractivity contribution in [3.05, 3.63) is 34.3 Å². The number of hydrogen-bond acceptors (Lipinski definition) is 1. The van der Waals surface area contributed by atoms with Crippen LogP contribution < -0.4 is 0 Å². The largest absolute Gasteiger partial charge is 0.396 e. The quantitative estimate of drug-likeness (QED) is 0.817. The van der Waals surface area contributed by atoms with Crippen LogP contribution in [0.4, 0.5) is 0 Å². The molecular weight excluding hydrogens is 280 g/mol. The second kappa shape index (κ2) is 5.99. The van der Waals surface area contributed by atoms with Crippen LogP contribution in [0.25, 0.3) is 0 Å². The molecule has 0 amide bonds. The van der Waals surface area contributed by atoms with Gasteiger partial charge in [-0.15, -0.1) is 0 Å². The summed E-state index contributed by atoms with van der Waals surface area (Å²) in [6.45, 7) is 7.38. The summed E-state index contributed by atoms with van der Waals surface area (Å²) in [5.74, 6) is 0.424. The first-order valence-electron chi connectivity index (χ1n) is 5.76. The SMILES string of the molecule is C[Si](C)(C)CC(CO)Cc1ccc(Br)cc1. The number of aliphatic hydroxyl groups is 1. The van der Waals surface area contributed by atoms with Gasteiger partial charge in [-0.05, 0) is 30.0 Å². The summed E-state index contributed by atoms with van der Waals surface area (Å²) in [4.78, 5) is 0. The van der Waals surface area contributed by atoms with E-state index in [1.807, 2.05) is 0 Å². The van der Waals surface area contributed by atoms with Crippen LogP contribution in [-0.4, -0.2) is 19.8 Å². The molecule has 90 valence electrons. The minimum atomic E-state index is -1.08. The summed E-state index contributed by atoms with van der Waals surface area (Å²) in [5, 5.41) is 9.42. The summed E-state index contributed by atoms with van der Waals surface area (Å²) in [5.41, 5.74) is 1.32. The summed E-state index contributed by atoms with van der Waals surface area (Å²) >= 11 is 3.44. The van der Waals surface area contributed by atoms with E-state index in [1.54, 1.807) is 0 Å². The molecule has 1 nitrogen and oxygen atoms in total. The zero-order valence-electron chi connectivity index (χ0n) is 10.3. The summed E-state index contributed by atoms with van der Waals surface area (Å²) < 4.78 is 1.11. The van der Waals surface area contributed by atoms with Crippen molar-refractivity contribution < 1.29 is 5.11 Å². The molecule has 0 radical (unpaired) electrons. The van der Waals surface area contributed by atoms with Crippen LogP contribution in [0.15, 0.2) is 28.7 Å². The maximum atomic E-state index is 9.42. The third kappa shape index (κ3) is 5.28. The van der Waals surface area contributed by atoms with Crippen molar-refractivity contribution in [1.82, 2.24) is 0 Å². The summed E-state index contributed by atoms with van der Waals surface area (Å²) in [6.07, 6.45) is 0.994. The molecular formula is C13H21BrOSi. The minimum absolute atomic E-state index is 0.306. The Morgan fingerprint density at radius 3 is 2.19 bits per heavy atom. The van der Waals surface area contributed by atoms with E-state index in [-0.39, 0.29) is 0 Å². The second-order valence-electron chi connectivity index (χ2n) is 5.64. The number of halogens is 1. The molecule has 1 unspecified atom stereocenters. The van der Waals surface area contributed by atoms with Crippen molar-refractivity contribution in [2.45, 2.75) is 32.1 Å². The lowest BCUT2D eigenvalue weighted by Crippen LogP contribution is -2.26. The van der Waals surface area contributed by atoms with Gasteiger partial charge in [-0.2, -0.15) is 0 Å². The van der Waals surface area contributed by atoms with Gasteiger partial charge < -0.3 is 5.11 Å². The maximum absolute atomic E-state index is 9.42. The lowest BCUT2D eigenvalue weighted by molar-refractivity contribution is 0.236. The van der Waals surface area contributed by atoms with Crippen LogP contribution in [-0.2, 0) is 6.42 Å². The average molecular weight is 301 g/mol. The fraction of sp³-hybridized carbons (Fsp3) is 0.538. The molecule has 0 bridgehead atoms. The molecule has 1 N–H and O–H groups in total. The molecule has 1 aromatic rings. The van der Waals surface area contributed by atoms with Crippen LogP contribution in [0, 0.1) is 5.92 Å². The van der Waals surface area contributed by atoms with Gasteiger partial charge in [0.2, 0.25) is 0 Å². The molecule has 3 heteroatoms. The Bertz CT molecular complexity index is 316. The molecule has 0 aliphatic rings. The zero-order chi connectivity index (χ0) is 12.2. The van der Waals surface area contributed by atoms with Gasteiger partial charge in [0, 0.05) is 19.2 Å². The standard InChI is InChI=1S/C13H21BrOSi/c1-16(2,3)10-12(9-15)8-11-4-6-13(14)7-5-11/h4-7,12,15H,8-10H2,1-3H3. The van der Waals surface area contributed by atoms with E-state index < -0.39 is 8.07 Å². The first kappa shape index (κ1) is 13.9. The molecule has 0 saturated heterocycles. The smallest absolute Gasteiger partial charge is 0.0459 e. The lowest BCUT2D eigenvalue weighted by Gasteiger charge is -2.23. The Balaban J connectivity index is 2.60. The van der Waals surface area contributed by atoms with Crippen LogP contribution in [0.2, 0.25) is 25.7 Å². The van der Waals surface area contributed by atoms with Crippen molar-refractivity contribution in [2.75, 3.05) is 6.61 Å². The highest BCUT2D eigenvalue weighted by atomic mass is 79.9. The van der Waals surface area contributed by atoms with Gasteiger partial charge in [0.15, 0.2) is 0 Å². The molecule has 0 aliphatic carbocycles. The molecule has 1 rings (SSSR count). The molecule has 0 aromatic heterocycles. The van der Waals surface area contributed by atoms with Gasteiger partial charge in [0.25, 0.3) is 0 Å². The van der Waals surface area contributed by atoms with Gasteiger partial charge in [0.1, 0.15) is 0 Å². The first-order valence-corrected chi connectivity index (χ1v) is 10.3. The van der Waals surface area contributed by atoms with Crippen molar-refractivity contribution in [1.29, 1.82) is 0 Å². The van der Waals surface area contributed by atoms with Crippen LogP contribution in [0.5, 0.6) is 0 Å². The fourth-order valence-electron chi connectivity index (χ4n) is 2.02. The van der Waals surface area contributed by atoms with E-state index >= 15 is 0 Å². The van der Waals surface area contributed by atoms with Gasteiger partial charge in [0.05, 0.1) is 0 Å². The number of benzene rings is 1. The van der Waals surface area contributed by atoms with Crippen LogP contribution in [0.1, 0.15) is 5.56 Å². The fourth-order valence-corrected chi connectivity index (χ4v) is 4.29. The Morgan fingerprint density at radius 2 is 1.75 bits per heavy atom. The lowest BCUT2D eigenvalue weighted by atomic mass is 10.0. The third-order valence-electron chi connectivity index (χ3n) is 2.60. The third-order valence-corrected chi connectivity index (χ3v) is 4.93. The Kier molecular flexibility index (Phi) is 5.22. The second-order valence-corrected chi connectivity index (χ2v) is 12.1. The van der Waals surface area contributed by atoms with E-state index in [0.29, 0.717) is 12.5 Å². The van der Waals surface area contributed by atoms with E-state index in [4.69, 9.17) is 0 Å². The predicted molar refractivity (Wildman–Crippen MR) is 76.6 cm³/mol. The Morgan fingerprint density at radius 1 is 1.19 bits per heavy atom. The topological polar surface area (TPSA) is 20.2 Å². The molecule has 0 heterocycles. The van der Waals surface area contributed by atoms with Gasteiger partial charge in [-0.3, -0.25) is 0 Å². The van der Waals surface area contributed by atoms with Crippen molar-refractivity contribution in [3.63, 3.8) is 0 Å². The normalized spacial score (nSPS) is 13.8. The van der Waals surface area contributed by atoms with Crippen molar-refractivity contribution in [3.8, 4) is 0 Å². The highest BCUT2D eigenvalue weighted by Gasteiger charge is 2.20. The minimum Gasteiger partial charge on any atom is -0.396 e. The molecule has 0 spiro atoms. The highest BCUT2D eigenvalue weighted by molar-refractivity contribution is 9.10. The van der Waals surface area contributed by atoms with Crippen LogP contribution in [0.3, 0.4) is 0 Å². The number of hydrogen-bond donors (Lipinski definition) is 1. The molecule has 1 atom stereocenters. The first-order chi connectivity index (χ1) is 7.40. The van der Waals surface area contributed by atoms with Gasteiger partial charge in [-0.1, -0.05) is 53.7 Å². The van der Waals surface area contributed by atoms with Crippen molar-refractivity contribution >= 4 is 24.0 Å². The molecule has 0 aliphatic heterocycles. The Hall–Kier alpha value is -0.123. The van der Waals surface area contributed by atoms with Gasteiger partial charge in [-0.25, -0.2) is 0 Å². The van der Waals surface area contributed by atoms with Crippen molar-refractivity contribution in [2.24, 2.45) is 5.92 Å². The number of rotatable bonds is 5. The Labute approximate surface area is 108 Å². The number of aliphatic hydroxyl groups excluding tert-OH is 1. The van der Waals surface area contributed by atoms with Crippen LogP contribution >= 0.6 is 15.9 Å². The molecule has 0 fully saturated rings. The predicted octanol–water partition coefficient (Wildman–Crippen LogP) is 3.94. The zero-order valence-corrected chi connectivity index (χ0v) is 12.9. The molecule has 16 heavy (non-hydrogen) atoms. The van der Waals surface area contributed by atoms with Gasteiger partial charge >= 0.3 is 0 Å². The van der Waals surface area contributed by atoms with E-state index in [0.717, 1.165) is 10.9 Å². The highest BCUT2D eigenvalue weighted by Crippen LogP contribution is 2.21. The monoisotopic (exact) mass is 300 g/mol. The average Bonchev–Trinajstić information content (AvgIpc) is 2.18. The molecule has 1 aromatic carbocycles. The molecule has 0 saturated carbocycles. The van der Waals surface area contributed by atoms with E-state index in [2.05, 4.69) is 59.8 Å². The summed E-state index contributed by atoms with van der Waals surface area (Å²) in [6, 6.07) is 9.60. The van der Waals surface area contributed by atoms with E-state index in [9.17, 15) is 5.11 Å². The van der Waals surface area contributed by atoms with E-state index in [1.165, 1.54) is 11.6 Å². The maximum Gasteiger partial charge on any atom is 0.0459 e.